The van der Waals surface area contributed by atoms with Gasteiger partial charge in [-0.05, 0) is 28.8 Å². The van der Waals surface area contributed by atoms with E-state index in [0.717, 1.165) is 21.6 Å². The molecule has 158 valence electrons. The Kier molecular flexibility index (Phi) is 4.72. The van der Waals surface area contributed by atoms with Crippen molar-refractivity contribution >= 4 is 17.7 Å². The van der Waals surface area contributed by atoms with E-state index in [1.54, 1.807) is 33.1 Å². The predicted octanol–water partition coefficient (Wildman–Crippen LogP) is 4.55. The van der Waals surface area contributed by atoms with Crippen LogP contribution in [0.4, 0.5) is 0 Å². The van der Waals surface area contributed by atoms with Crippen LogP contribution in [0.1, 0.15) is 16.7 Å². The standard InChI is InChI=1S/C25H23NO4S/c1-28-20-14-17-16-26-23(27)24(30-3,18-10-6-4-7-11-18)25(26,19-12-8-5-9-13-19)31-22(17)15-21(20)29-2/h4-15H,16H2,1-3H3/t24-,25+/m1/s1. The number of methoxy groups -OCH3 is 3. The van der Waals surface area contributed by atoms with E-state index in [-0.39, 0.29) is 5.91 Å². The fourth-order valence-corrected chi connectivity index (χ4v) is 6.48. The fraction of sp³-hybridized carbons (Fsp3) is 0.240. The van der Waals surface area contributed by atoms with Crippen LogP contribution in [0.3, 0.4) is 0 Å². The summed E-state index contributed by atoms with van der Waals surface area (Å²) >= 11 is 1.63. The van der Waals surface area contributed by atoms with Crippen LogP contribution in [0.5, 0.6) is 11.5 Å². The van der Waals surface area contributed by atoms with E-state index in [0.29, 0.717) is 18.0 Å². The van der Waals surface area contributed by atoms with Crippen molar-refractivity contribution in [2.75, 3.05) is 21.3 Å². The number of thioether (sulfide) groups is 1. The smallest absolute Gasteiger partial charge is 0.265 e. The molecule has 2 atom stereocenters. The summed E-state index contributed by atoms with van der Waals surface area (Å²) < 4.78 is 17.2. The number of carbonyl (C=O) groups is 1. The number of hydrogen-bond acceptors (Lipinski definition) is 5. The van der Waals surface area contributed by atoms with Crippen molar-refractivity contribution in [2.45, 2.75) is 21.9 Å². The highest BCUT2D eigenvalue weighted by Gasteiger charge is 2.75. The average Bonchev–Trinajstić information content (AvgIpc) is 2.84. The third-order valence-electron chi connectivity index (χ3n) is 6.21. The Bertz CT molecular complexity index is 1140. The molecular formula is C25H23NO4S. The molecule has 0 saturated carbocycles. The molecule has 2 aliphatic rings. The van der Waals surface area contributed by atoms with Gasteiger partial charge in [0, 0.05) is 18.6 Å². The van der Waals surface area contributed by atoms with E-state index in [1.165, 1.54) is 0 Å². The molecule has 1 amide bonds. The second kappa shape index (κ2) is 7.32. The van der Waals surface area contributed by atoms with Crippen molar-refractivity contribution in [3.8, 4) is 11.5 Å². The lowest BCUT2D eigenvalue weighted by molar-refractivity contribution is -0.215. The van der Waals surface area contributed by atoms with E-state index in [2.05, 4.69) is 12.1 Å². The highest BCUT2D eigenvalue weighted by Crippen LogP contribution is 2.67. The van der Waals surface area contributed by atoms with E-state index < -0.39 is 10.5 Å². The molecule has 5 rings (SSSR count). The molecule has 0 bridgehead atoms. The van der Waals surface area contributed by atoms with Crippen LogP contribution in [-0.2, 0) is 26.5 Å². The molecule has 31 heavy (non-hydrogen) atoms. The Morgan fingerprint density at radius 1 is 0.839 bits per heavy atom. The third-order valence-corrected chi connectivity index (χ3v) is 7.85. The van der Waals surface area contributed by atoms with Gasteiger partial charge in [-0.15, -0.1) is 0 Å². The van der Waals surface area contributed by atoms with Crippen molar-refractivity contribution in [1.29, 1.82) is 0 Å². The third kappa shape index (κ3) is 2.52. The zero-order valence-corrected chi connectivity index (χ0v) is 18.4. The minimum absolute atomic E-state index is 0.0435. The lowest BCUT2D eigenvalue weighted by Gasteiger charge is -2.65. The topological polar surface area (TPSA) is 48.0 Å². The first kappa shape index (κ1) is 20.0. The molecule has 6 heteroatoms. The SMILES string of the molecule is COc1cc2c(cc1OC)S[C@]1(c3ccccc3)N(C2)C(=O)[C@]1(OC)c1ccccc1. The molecule has 0 unspecified atom stereocenters. The summed E-state index contributed by atoms with van der Waals surface area (Å²) in [5, 5.41) is 0. The molecule has 3 aromatic carbocycles. The molecule has 2 aliphatic heterocycles. The number of carbonyl (C=O) groups excluding carboxylic acids is 1. The number of ether oxygens (including phenoxy) is 3. The van der Waals surface area contributed by atoms with Crippen molar-refractivity contribution in [1.82, 2.24) is 4.90 Å². The predicted molar refractivity (Wildman–Crippen MR) is 119 cm³/mol. The molecule has 0 N–H and O–H groups in total. The van der Waals surface area contributed by atoms with E-state index >= 15 is 0 Å². The van der Waals surface area contributed by atoms with Crippen LogP contribution in [0.15, 0.2) is 77.7 Å². The van der Waals surface area contributed by atoms with Crippen LogP contribution in [0.2, 0.25) is 0 Å². The molecule has 1 saturated heterocycles. The second-order valence-electron chi connectivity index (χ2n) is 7.57. The Balaban J connectivity index is 1.76. The van der Waals surface area contributed by atoms with Gasteiger partial charge in [-0.2, -0.15) is 0 Å². The van der Waals surface area contributed by atoms with Crippen molar-refractivity contribution in [2.24, 2.45) is 0 Å². The normalized spacial score (nSPS) is 24.1. The minimum Gasteiger partial charge on any atom is -0.493 e. The van der Waals surface area contributed by atoms with Crippen molar-refractivity contribution in [3.63, 3.8) is 0 Å². The van der Waals surface area contributed by atoms with E-state index in [4.69, 9.17) is 14.2 Å². The monoisotopic (exact) mass is 433 g/mol. The van der Waals surface area contributed by atoms with Crippen LogP contribution in [0, 0.1) is 0 Å². The molecule has 2 heterocycles. The lowest BCUT2D eigenvalue weighted by atomic mass is 9.71. The number of amides is 1. The van der Waals surface area contributed by atoms with Gasteiger partial charge in [0.05, 0.1) is 14.2 Å². The van der Waals surface area contributed by atoms with Gasteiger partial charge in [-0.25, -0.2) is 0 Å². The van der Waals surface area contributed by atoms with Gasteiger partial charge in [0.2, 0.25) is 5.60 Å². The minimum atomic E-state index is -1.13. The quantitative estimate of drug-likeness (QED) is 0.553. The van der Waals surface area contributed by atoms with Gasteiger partial charge in [-0.3, -0.25) is 4.79 Å². The zero-order valence-electron chi connectivity index (χ0n) is 17.6. The van der Waals surface area contributed by atoms with Crippen molar-refractivity contribution in [3.05, 3.63) is 89.5 Å². The number of nitrogens with zero attached hydrogens (tertiary/aromatic N) is 1. The first-order valence-corrected chi connectivity index (χ1v) is 10.9. The number of rotatable bonds is 5. The van der Waals surface area contributed by atoms with Crippen molar-refractivity contribution < 1.29 is 19.0 Å². The summed E-state index contributed by atoms with van der Waals surface area (Å²) in [4.78, 5) is 16.0. The zero-order chi connectivity index (χ0) is 21.6. The molecule has 0 spiro atoms. The maximum absolute atomic E-state index is 13.7. The summed E-state index contributed by atoms with van der Waals surface area (Å²) in [7, 11) is 4.87. The summed E-state index contributed by atoms with van der Waals surface area (Å²) in [6.45, 7) is 0.467. The Labute approximate surface area is 185 Å². The summed E-state index contributed by atoms with van der Waals surface area (Å²) in [5.41, 5.74) is 1.76. The van der Waals surface area contributed by atoms with Crippen LogP contribution >= 0.6 is 11.8 Å². The largest absolute Gasteiger partial charge is 0.493 e. The van der Waals surface area contributed by atoms with Crippen LogP contribution in [0.25, 0.3) is 0 Å². The van der Waals surface area contributed by atoms with Gasteiger partial charge < -0.3 is 19.1 Å². The molecule has 5 nitrogen and oxygen atoms in total. The molecule has 0 radical (unpaired) electrons. The highest BCUT2D eigenvalue weighted by atomic mass is 32.2. The number of benzene rings is 3. The lowest BCUT2D eigenvalue weighted by Crippen LogP contribution is -2.77. The van der Waals surface area contributed by atoms with Gasteiger partial charge in [-0.1, -0.05) is 72.4 Å². The summed E-state index contributed by atoms with van der Waals surface area (Å²) in [6.07, 6.45) is 0. The van der Waals surface area contributed by atoms with Gasteiger partial charge in [0.25, 0.3) is 5.91 Å². The van der Waals surface area contributed by atoms with Crippen LogP contribution in [-0.4, -0.2) is 32.1 Å². The second-order valence-corrected chi connectivity index (χ2v) is 8.80. The average molecular weight is 434 g/mol. The Hall–Kier alpha value is -2.96. The molecule has 3 aromatic rings. The van der Waals surface area contributed by atoms with E-state index in [9.17, 15) is 4.79 Å². The maximum atomic E-state index is 13.7. The van der Waals surface area contributed by atoms with Gasteiger partial charge in [0.1, 0.15) is 0 Å². The number of fused-ring (bicyclic) bond motifs is 2. The van der Waals surface area contributed by atoms with Gasteiger partial charge in [0.15, 0.2) is 16.4 Å². The number of hydrogen-bond donors (Lipinski definition) is 0. The van der Waals surface area contributed by atoms with Crippen LogP contribution < -0.4 is 9.47 Å². The van der Waals surface area contributed by atoms with Gasteiger partial charge >= 0.3 is 0 Å². The molecule has 0 aliphatic carbocycles. The molecule has 0 aromatic heterocycles. The highest BCUT2D eigenvalue weighted by molar-refractivity contribution is 8.00. The first-order valence-electron chi connectivity index (χ1n) is 10.0. The summed E-state index contributed by atoms with van der Waals surface area (Å²) in [6, 6.07) is 23.8. The Morgan fingerprint density at radius 3 is 2.00 bits per heavy atom. The fourth-order valence-electron chi connectivity index (χ4n) is 4.79. The summed E-state index contributed by atoms with van der Waals surface area (Å²) in [5.74, 6) is 1.28. The van der Waals surface area contributed by atoms with E-state index in [1.807, 2.05) is 65.6 Å². The molecule has 1 fully saturated rings. The Morgan fingerprint density at radius 2 is 1.42 bits per heavy atom. The first-order chi connectivity index (χ1) is 15.1. The maximum Gasteiger partial charge on any atom is 0.265 e. The number of β-lactam (4-membered cyclic amide) rings is 1. The molecular weight excluding hydrogens is 410 g/mol.